The van der Waals surface area contributed by atoms with Crippen LogP contribution in [0.1, 0.15) is 27.8 Å². The van der Waals surface area contributed by atoms with E-state index in [9.17, 15) is 13.2 Å². The third-order valence-corrected chi connectivity index (χ3v) is 7.08. The average Bonchev–Trinajstić information content (AvgIpc) is 2.71. The van der Waals surface area contributed by atoms with Gasteiger partial charge >= 0.3 is 0 Å². The molecule has 162 valence electrons. The van der Waals surface area contributed by atoms with Crippen LogP contribution in [0.3, 0.4) is 0 Å². The number of rotatable bonds is 6. The zero-order valence-electron chi connectivity index (χ0n) is 18.5. The molecule has 0 aliphatic heterocycles. The number of hydrogen-bond donors (Lipinski definition) is 0. The van der Waals surface area contributed by atoms with Crippen molar-refractivity contribution in [3.8, 4) is 5.75 Å². The molecule has 3 aromatic rings. The highest BCUT2D eigenvalue weighted by Crippen LogP contribution is 2.30. The first-order valence-electron chi connectivity index (χ1n) is 10.0. The van der Waals surface area contributed by atoms with Gasteiger partial charge in [0.25, 0.3) is 15.9 Å². The van der Waals surface area contributed by atoms with Crippen LogP contribution < -0.4 is 9.04 Å². The lowest BCUT2D eigenvalue weighted by atomic mass is 10.1. The molecule has 0 saturated heterocycles. The molecule has 0 aliphatic carbocycles. The Morgan fingerprint density at radius 2 is 1.35 bits per heavy atom. The van der Waals surface area contributed by atoms with Gasteiger partial charge < -0.3 is 4.74 Å². The van der Waals surface area contributed by atoms with Crippen LogP contribution in [-0.4, -0.2) is 20.9 Å². The molecule has 0 bridgehead atoms. The Bertz CT molecular complexity index is 1190. The van der Waals surface area contributed by atoms with E-state index in [0.717, 1.165) is 32.1 Å². The molecular weight excluding hydrogens is 410 g/mol. The molecule has 3 aromatic carbocycles. The van der Waals surface area contributed by atoms with Gasteiger partial charge in [-0.2, -0.15) is 4.31 Å². The highest BCUT2D eigenvalue weighted by molar-refractivity contribution is 7.93. The minimum Gasteiger partial charge on any atom is -0.483 e. The van der Waals surface area contributed by atoms with Crippen LogP contribution in [0.5, 0.6) is 5.75 Å². The van der Waals surface area contributed by atoms with Crippen LogP contribution in [0.25, 0.3) is 0 Å². The molecule has 5 nitrogen and oxygen atoms in total. The van der Waals surface area contributed by atoms with Crippen LogP contribution in [0.4, 0.5) is 5.69 Å². The fraction of sp³-hybridized carbons (Fsp3) is 0.240. The first-order valence-corrected chi connectivity index (χ1v) is 11.5. The summed E-state index contributed by atoms with van der Waals surface area (Å²) in [6, 6.07) is 17.4. The molecule has 0 aromatic heterocycles. The van der Waals surface area contributed by atoms with Crippen molar-refractivity contribution in [1.82, 2.24) is 0 Å². The zero-order chi connectivity index (χ0) is 22.8. The molecular formula is C25H27NO4S. The van der Waals surface area contributed by atoms with E-state index in [1.54, 1.807) is 24.3 Å². The number of carbonyl (C=O) groups is 1. The molecule has 0 unspecified atom stereocenters. The van der Waals surface area contributed by atoms with E-state index in [2.05, 4.69) is 0 Å². The van der Waals surface area contributed by atoms with Crippen LogP contribution in [0.15, 0.2) is 65.6 Å². The van der Waals surface area contributed by atoms with Crippen molar-refractivity contribution in [2.24, 2.45) is 0 Å². The van der Waals surface area contributed by atoms with Gasteiger partial charge in [0.1, 0.15) is 5.75 Å². The second kappa shape index (κ2) is 8.94. The minimum absolute atomic E-state index is 0.0550. The van der Waals surface area contributed by atoms with E-state index in [4.69, 9.17) is 4.74 Å². The second-order valence-corrected chi connectivity index (χ2v) is 9.49. The quantitative estimate of drug-likeness (QED) is 0.543. The highest BCUT2D eigenvalue weighted by atomic mass is 32.2. The molecule has 0 spiro atoms. The third-order valence-electron chi connectivity index (χ3n) is 5.33. The Morgan fingerprint density at radius 3 is 1.97 bits per heavy atom. The number of ether oxygens (including phenoxy) is 1. The first kappa shape index (κ1) is 22.6. The molecule has 31 heavy (non-hydrogen) atoms. The maximum absolute atomic E-state index is 13.5. The van der Waals surface area contributed by atoms with E-state index < -0.39 is 22.5 Å². The number of anilines is 1. The van der Waals surface area contributed by atoms with E-state index in [1.165, 1.54) is 12.1 Å². The molecule has 3 rings (SSSR count). The standard InChI is InChI=1S/C25H27NO4S/c1-17-12-14-22(15-13-17)31(28,29)26(23-11-7-8-18(2)21(23)5)24(27)16-30-25-19(3)9-6-10-20(25)4/h6-15H,16H2,1-5H3. The summed E-state index contributed by atoms with van der Waals surface area (Å²) < 4.78 is 33.8. The summed E-state index contributed by atoms with van der Waals surface area (Å²) in [5, 5.41) is 0. The predicted octanol–water partition coefficient (Wildman–Crippen LogP) is 5.03. The van der Waals surface area contributed by atoms with E-state index in [1.807, 2.05) is 58.9 Å². The van der Waals surface area contributed by atoms with Gasteiger partial charge in [-0.05, 0) is 75.1 Å². The van der Waals surface area contributed by atoms with Crippen LogP contribution >= 0.6 is 0 Å². The Kier molecular flexibility index (Phi) is 6.51. The normalized spacial score (nSPS) is 11.3. The molecule has 0 heterocycles. The van der Waals surface area contributed by atoms with Crippen LogP contribution in [-0.2, 0) is 14.8 Å². The lowest BCUT2D eigenvalue weighted by Gasteiger charge is -2.25. The molecule has 0 saturated carbocycles. The lowest BCUT2D eigenvalue weighted by molar-refractivity contribution is -0.119. The summed E-state index contributed by atoms with van der Waals surface area (Å²) in [6.45, 7) is 8.94. The molecule has 0 radical (unpaired) electrons. The molecule has 0 N–H and O–H groups in total. The van der Waals surface area contributed by atoms with Gasteiger partial charge in [-0.3, -0.25) is 4.79 Å². The van der Waals surface area contributed by atoms with E-state index in [0.29, 0.717) is 11.4 Å². The summed E-state index contributed by atoms with van der Waals surface area (Å²) >= 11 is 0. The van der Waals surface area contributed by atoms with Crippen LogP contribution in [0.2, 0.25) is 0 Å². The number of carbonyl (C=O) groups excluding carboxylic acids is 1. The number of para-hydroxylation sites is 1. The maximum Gasteiger partial charge on any atom is 0.278 e. The second-order valence-electron chi connectivity index (χ2n) is 7.70. The molecule has 1 amide bonds. The number of amides is 1. The van der Waals surface area contributed by atoms with Crippen molar-refractivity contribution in [2.75, 3.05) is 10.9 Å². The number of benzene rings is 3. The van der Waals surface area contributed by atoms with Gasteiger partial charge in [-0.25, -0.2) is 8.42 Å². The summed E-state index contributed by atoms with van der Waals surface area (Å²) in [6.07, 6.45) is 0. The molecule has 0 atom stereocenters. The number of sulfonamides is 1. The SMILES string of the molecule is Cc1ccc(S(=O)(=O)N(C(=O)COc2c(C)cccc2C)c2cccc(C)c2C)cc1. The fourth-order valence-electron chi connectivity index (χ4n) is 3.39. The molecule has 6 heteroatoms. The Labute approximate surface area is 184 Å². The number of aryl methyl sites for hydroxylation is 4. The Morgan fingerprint density at radius 1 is 0.806 bits per heavy atom. The first-order chi connectivity index (χ1) is 14.6. The van der Waals surface area contributed by atoms with Crippen molar-refractivity contribution >= 4 is 21.6 Å². The lowest BCUT2D eigenvalue weighted by Crippen LogP contribution is -2.40. The maximum atomic E-state index is 13.5. The van der Waals surface area contributed by atoms with Crippen LogP contribution in [0, 0.1) is 34.6 Å². The summed E-state index contributed by atoms with van der Waals surface area (Å²) in [7, 11) is -4.13. The third kappa shape index (κ3) is 4.64. The fourth-order valence-corrected chi connectivity index (χ4v) is 4.86. The van der Waals surface area contributed by atoms with E-state index in [-0.39, 0.29) is 4.90 Å². The largest absolute Gasteiger partial charge is 0.483 e. The molecule has 0 fully saturated rings. The number of hydrogen-bond acceptors (Lipinski definition) is 4. The van der Waals surface area contributed by atoms with Crippen molar-refractivity contribution in [3.63, 3.8) is 0 Å². The predicted molar refractivity (Wildman–Crippen MR) is 123 cm³/mol. The Balaban J connectivity index is 2.04. The number of nitrogens with zero attached hydrogens (tertiary/aromatic N) is 1. The monoisotopic (exact) mass is 437 g/mol. The summed E-state index contributed by atoms with van der Waals surface area (Å²) in [5.41, 5.74) is 4.64. The Hall–Kier alpha value is -3.12. The van der Waals surface area contributed by atoms with Gasteiger partial charge in [0.05, 0.1) is 10.6 Å². The highest BCUT2D eigenvalue weighted by Gasteiger charge is 2.32. The summed E-state index contributed by atoms with van der Waals surface area (Å²) in [4.78, 5) is 13.4. The van der Waals surface area contributed by atoms with E-state index >= 15 is 0 Å². The van der Waals surface area contributed by atoms with Crippen molar-refractivity contribution < 1.29 is 17.9 Å². The van der Waals surface area contributed by atoms with Gasteiger partial charge in [0.15, 0.2) is 6.61 Å². The topological polar surface area (TPSA) is 63.7 Å². The van der Waals surface area contributed by atoms with Crippen molar-refractivity contribution in [2.45, 2.75) is 39.5 Å². The average molecular weight is 438 g/mol. The minimum atomic E-state index is -4.13. The van der Waals surface area contributed by atoms with Gasteiger partial charge in [0.2, 0.25) is 0 Å². The zero-order valence-corrected chi connectivity index (χ0v) is 19.3. The molecule has 0 aliphatic rings. The van der Waals surface area contributed by atoms with Crippen molar-refractivity contribution in [3.05, 3.63) is 88.5 Å². The summed E-state index contributed by atoms with van der Waals surface area (Å²) in [5.74, 6) is -0.0681. The van der Waals surface area contributed by atoms with Crippen molar-refractivity contribution in [1.29, 1.82) is 0 Å². The van der Waals surface area contributed by atoms with Gasteiger partial charge in [0, 0.05) is 0 Å². The smallest absolute Gasteiger partial charge is 0.278 e. The van der Waals surface area contributed by atoms with Gasteiger partial charge in [-0.15, -0.1) is 0 Å². The van der Waals surface area contributed by atoms with Gasteiger partial charge in [-0.1, -0.05) is 48.0 Å².